The highest BCUT2D eigenvalue weighted by Gasteiger charge is 2.37. The molecule has 0 radical (unpaired) electrons. The van der Waals surface area contributed by atoms with E-state index in [1.165, 1.54) is 51.4 Å². The number of para-hydroxylation sites is 1. The lowest BCUT2D eigenvalue weighted by atomic mass is 9.99. The maximum atomic E-state index is 12.9. The minimum atomic E-state index is -1.51. The zero-order valence-corrected chi connectivity index (χ0v) is 20.9. The fourth-order valence-corrected chi connectivity index (χ4v) is 4.50. The van der Waals surface area contributed by atoms with Crippen LogP contribution in [0.1, 0.15) is 94.3 Å². The van der Waals surface area contributed by atoms with Gasteiger partial charge in [-0.3, -0.25) is 4.79 Å². The summed E-state index contributed by atoms with van der Waals surface area (Å²) in [4.78, 5) is 12.9. The average Bonchev–Trinajstić information content (AvgIpc) is 2.80. The summed E-state index contributed by atoms with van der Waals surface area (Å²) in [5.74, 6) is 0.507. The number of carbonyl (C=O) groups excluding carboxylic acids is 1. The van der Waals surface area contributed by atoms with Crippen LogP contribution in [0.4, 0.5) is 0 Å². The van der Waals surface area contributed by atoms with Crippen LogP contribution < -0.4 is 4.74 Å². The van der Waals surface area contributed by atoms with Crippen molar-refractivity contribution < 1.29 is 9.53 Å². The normalized spacial score (nSPS) is 12.5. The highest BCUT2D eigenvalue weighted by molar-refractivity contribution is 6.59. The minimum absolute atomic E-state index is 0.214. The number of Topliss-reactive ketones (excluding diaryl/α,β-unsaturated/α-hetero) is 1. The van der Waals surface area contributed by atoms with Gasteiger partial charge >= 0.3 is 0 Å². The highest BCUT2D eigenvalue weighted by atomic mass is 35.5. The first-order valence-electron chi connectivity index (χ1n) is 12.2. The summed E-state index contributed by atoms with van der Waals surface area (Å²) < 4.78 is 4.68. The number of unbranched alkanes of at least 4 members (excludes halogenated alkanes) is 9. The lowest BCUT2D eigenvalue weighted by molar-refractivity contribution is 0.0932. The Morgan fingerprint density at radius 3 is 1.84 bits per heavy atom. The topological polar surface area (TPSA) is 26.3 Å². The summed E-state index contributed by atoms with van der Waals surface area (Å²) in [6, 6.07) is 18.7. The molecule has 0 heterocycles. The second kappa shape index (κ2) is 15.3. The lowest BCUT2D eigenvalue weighted by Gasteiger charge is -2.26. The number of rotatable bonds is 17. The lowest BCUT2D eigenvalue weighted by Crippen LogP contribution is -2.33. The number of ketones is 1. The van der Waals surface area contributed by atoms with Crippen molar-refractivity contribution in [2.75, 3.05) is 0 Å². The molecule has 0 spiro atoms. The molecule has 2 nitrogen and oxygen atoms in total. The first-order valence-corrected chi connectivity index (χ1v) is 13.0. The number of benzene rings is 2. The largest absolute Gasteiger partial charge is 0.490 e. The van der Waals surface area contributed by atoms with Gasteiger partial charge in [0.2, 0.25) is 0 Å². The summed E-state index contributed by atoms with van der Waals surface area (Å²) in [5, 5.41) is 0. The number of hydrogen-bond acceptors (Lipinski definition) is 2. The van der Waals surface area contributed by atoms with Gasteiger partial charge in [0.1, 0.15) is 11.9 Å². The Kier molecular flexibility index (Phi) is 12.8. The van der Waals surface area contributed by atoms with E-state index < -0.39 is 4.33 Å². The van der Waals surface area contributed by atoms with Crippen LogP contribution in [0, 0.1) is 0 Å². The van der Waals surface area contributed by atoms with Crippen molar-refractivity contribution in [2.45, 2.75) is 94.4 Å². The smallest absolute Gasteiger partial charge is 0.198 e. The molecule has 0 N–H and O–H groups in total. The van der Waals surface area contributed by atoms with E-state index in [9.17, 15) is 4.79 Å². The van der Waals surface area contributed by atoms with Crippen LogP contribution in [0.25, 0.3) is 0 Å². The summed E-state index contributed by atoms with van der Waals surface area (Å²) in [5.41, 5.74) is 0.523. The standard InChI is InChI=1S/C28H38Cl2O2/c1-2-3-4-5-6-7-8-9-10-15-22-26(32-25-20-16-12-17-21-25)23-28(29,30)27(31)24-18-13-11-14-19-24/h11-14,16-21,26H,2-10,15,22-23H2,1H3. The SMILES string of the molecule is CCCCCCCCCCCCC(CC(Cl)(Cl)C(=O)c1ccccc1)Oc1ccccc1. The van der Waals surface area contributed by atoms with Gasteiger partial charge in [0, 0.05) is 12.0 Å². The molecule has 176 valence electrons. The van der Waals surface area contributed by atoms with Gasteiger partial charge in [-0.25, -0.2) is 0 Å². The predicted molar refractivity (Wildman–Crippen MR) is 137 cm³/mol. The quantitative estimate of drug-likeness (QED) is 0.129. The molecule has 2 rings (SSSR count). The highest BCUT2D eigenvalue weighted by Crippen LogP contribution is 2.34. The fourth-order valence-electron chi connectivity index (χ4n) is 3.93. The molecule has 0 aromatic heterocycles. The number of halogens is 2. The third kappa shape index (κ3) is 10.4. The number of ether oxygens (including phenoxy) is 1. The molecule has 32 heavy (non-hydrogen) atoms. The van der Waals surface area contributed by atoms with Gasteiger partial charge in [0.15, 0.2) is 10.1 Å². The summed E-state index contributed by atoms with van der Waals surface area (Å²) in [7, 11) is 0. The number of hydrogen-bond donors (Lipinski definition) is 0. The molecule has 0 amide bonds. The molecule has 2 aromatic carbocycles. The molecule has 4 heteroatoms. The van der Waals surface area contributed by atoms with Crippen molar-refractivity contribution in [1.29, 1.82) is 0 Å². The second-order valence-corrected chi connectivity index (χ2v) is 10.1. The number of alkyl halides is 2. The van der Waals surface area contributed by atoms with Gasteiger partial charge in [0.05, 0.1) is 0 Å². The maximum Gasteiger partial charge on any atom is 0.198 e. The molecule has 0 fully saturated rings. The van der Waals surface area contributed by atoms with Crippen LogP contribution >= 0.6 is 23.2 Å². The van der Waals surface area contributed by atoms with Crippen molar-refractivity contribution in [1.82, 2.24) is 0 Å². The monoisotopic (exact) mass is 476 g/mol. The van der Waals surface area contributed by atoms with E-state index in [-0.39, 0.29) is 18.3 Å². The minimum Gasteiger partial charge on any atom is -0.490 e. The summed E-state index contributed by atoms with van der Waals surface area (Å²) in [6.45, 7) is 2.25. The van der Waals surface area contributed by atoms with E-state index in [2.05, 4.69) is 6.92 Å². The van der Waals surface area contributed by atoms with Crippen molar-refractivity contribution >= 4 is 29.0 Å². The van der Waals surface area contributed by atoms with Crippen molar-refractivity contribution in [3.8, 4) is 5.75 Å². The molecule has 1 unspecified atom stereocenters. The van der Waals surface area contributed by atoms with E-state index in [0.29, 0.717) is 5.56 Å². The van der Waals surface area contributed by atoms with E-state index in [1.807, 2.05) is 48.5 Å². The van der Waals surface area contributed by atoms with E-state index >= 15 is 0 Å². The molecule has 0 aliphatic heterocycles. The first kappa shape index (κ1) is 26.7. The molecule has 0 aliphatic carbocycles. The van der Waals surface area contributed by atoms with Crippen LogP contribution in [0.5, 0.6) is 5.75 Å². The van der Waals surface area contributed by atoms with Crippen molar-refractivity contribution in [3.63, 3.8) is 0 Å². The molecular weight excluding hydrogens is 439 g/mol. The van der Waals surface area contributed by atoms with Gasteiger partial charge in [-0.05, 0) is 25.0 Å². The number of carbonyl (C=O) groups is 1. The van der Waals surface area contributed by atoms with Gasteiger partial charge in [-0.2, -0.15) is 0 Å². The molecule has 0 saturated carbocycles. The molecule has 0 aliphatic rings. The zero-order valence-electron chi connectivity index (χ0n) is 19.4. The van der Waals surface area contributed by atoms with Crippen molar-refractivity contribution in [2.24, 2.45) is 0 Å². The van der Waals surface area contributed by atoms with Crippen molar-refractivity contribution in [3.05, 3.63) is 66.2 Å². The van der Waals surface area contributed by atoms with Crippen LogP contribution in [-0.2, 0) is 0 Å². The van der Waals surface area contributed by atoms with E-state index in [0.717, 1.165) is 25.0 Å². The van der Waals surface area contributed by atoms with Crippen LogP contribution in [-0.4, -0.2) is 16.2 Å². The van der Waals surface area contributed by atoms with Crippen LogP contribution in [0.2, 0.25) is 0 Å². The third-order valence-corrected chi connectivity index (χ3v) is 6.43. The third-order valence-electron chi connectivity index (χ3n) is 5.78. The van der Waals surface area contributed by atoms with Gasteiger partial charge in [-0.1, -0.05) is 136 Å². The Morgan fingerprint density at radius 1 is 0.781 bits per heavy atom. The Bertz CT molecular complexity index is 747. The Hall–Kier alpha value is -1.51. The van der Waals surface area contributed by atoms with E-state index in [4.69, 9.17) is 27.9 Å². The Labute approximate surface area is 204 Å². The molecular formula is C28H38Cl2O2. The summed E-state index contributed by atoms with van der Waals surface area (Å²) >= 11 is 13.1. The van der Waals surface area contributed by atoms with Gasteiger partial charge in [0.25, 0.3) is 0 Å². The molecule has 0 saturated heterocycles. The summed E-state index contributed by atoms with van der Waals surface area (Å²) in [6.07, 6.45) is 13.7. The first-order chi connectivity index (χ1) is 15.5. The van der Waals surface area contributed by atoms with Crippen LogP contribution in [0.15, 0.2) is 60.7 Å². The zero-order chi connectivity index (χ0) is 23.1. The maximum absolute atomic E-state index is 12.9. The van der Waals surface area contributed by atoms with Gasteiger partial charge < -0.3 is 4.74 Å². The van der Waals surface area contributed by atoms with Gasteiger partial charge in [-0.15, -0.1) is 0 Å². The molecule has 2 aromatic rings. The second-order valence-electron chi connectivity index (χ2n) is 8.63. The predicted octanol–water partition coefficient (Wildman–Crippen LogP) is 9.19. The molecule has 0 bridgehead atoms. The van der Waals surface area contributed by atoms with E-state index in [1.54, 1.807) is 12.1 Å². The van der Waals surface area contributed by atoms with Crippen LogP contribution in [0.3, 0.4) is 0 Å². The molecule has 1 atom stereocenters. The fraction of sp³-hybridized carbons (Fsp3) is 0.536. The Balaban J connectivity index is 1.83. The Morgan fingerprint density at radius 2 is 1.28 bits per heavy atom. The average molecular weight is 478 g/mol.